The van der Waals surface area contributed by atoms with Gasteiger partial charge in [0.1, 0.15) is 6.04 Å². The van der Waals surface area contributed by atoms with Gasteiger partial charge in [0.05, 0.1) is 0 Å². The SMILES string of the molecule is CC[C@H](C)[C@H](NC(=O)O)C(=O)F. The Kier molecular flexibility index (Phi) is 4.25. The molecular formula is C7H12FNO3. The van der Waals surface area contributed by atoms with E-state index in [0.29, 0.717) is 6.42 Å². The van der Waals surface area contributed by atoms with Crippen LogP contribution in [0.15, 0.2) is 0 Å². The number of carbonyl (C=O) groups excluding carboxylic acids is 1. The van der Waals surface area contributed by atoms with Crippen LogP contribution < -0.4 is 5.32 Å². The molecule has 2 N–H and O–H groups in total. The first-order valence-electron chi connectivity index (χ1n) is 3.67. The van der Waals surface area contributed by atoms with Gasteiger partial charge < -0.3 is 10.4 Å². The fraction of sp³-hybridized carbons (Fsp3) is 0.714. The second-order valence-corrected chi connectivity index (χ2v) is 2.62. The Bertz CT molecular complexity index is 183. The van der Waals surface area contributed by atoms with Crippen molar-refractivity contribution in [3.05, 3.63) is 0 Å². The second kappa shape index (κ2) is 4.69. The van der Waals surface area contributed by atoms with Gasteiger partial charge in [-0.15, -0.1) is 0 Å². The van der Waals surface area contributed by atoms with Crippen molar-refractivity contribution in [3.63, 3.8) is 0 Å². The molecule has 0 unspecified atom stereocenters. The number of carboxylic acid groups (broad SMARTS) is 1. The molecule has 12 heavy (non-hydrogen) atoms. The van der Waals surface area contributed by atoms with E-state index in [-0.39, 0.29) is 5.92 Å². The average Bonchev–Trinajstić information content (AvgIpc) is 1.98. The van der Waals surface area contributed by atoms with Crippen LogP contribution in [0.3, 0.4) is 0 Å². The van der Waals surface area contributed by atoms with E-state index in [1.807, 2.05) is 5.32 Å². The maximum atomic E-state index is 12.2. The topological polar surface area (TPSA) is 66.4 Å². The van der Waals surface area contributed by atoms with Crippen molar-refractivity contribution < 1.29 is 19.1 Å². The molecular weight excluding hydrogens is 165 g/mol. The van der Waals surface area contributed by atoms with E-state index in [0.717, 1.165) is 0 Å². The highest BCUT2D eigenvalue weighted by molar-refractivity contribution is 5.80. The summed E-state index contributed by atoms with van der Waals surface area (Å²) in [5.41, 5.74) is 0. The van der Waals surface area contributed by atoms with Gasteiger partial charge >= 0.3 is 12.1 Å². The third kappa shape index (κ3) is 3.32. The van der Waals surface area contributed by atoms with Crippen molar-refractivity contribution in [3.8, 4) is 0 Å². The van der Waals surface area contributed by atoms with Crippen LogP contribution >= 0.6 is 0 Å². The van der Waals surface area contributed by atoms with Crippen molar-refractivity contribution >= 4 is 12.1 Å². The fourth-order valence-electron chi connectivity index (χ4n) is 0.791. The van der Waals surface area contributed by atoms with Gasteiger partial charge in [0.15, 0.2) is 0 Å². The van der Waals surface area contributed by atoms with Crippen LogP contribution in [0.25, 0.3) is 0 Å². The molecule has 0 aromatic carbocycles. The first kappa shape index (κ1) is 10.9. The molecule has 0 aromatic rings. The summed E-state index contributed by atoms with van der Waals surface area (Å²) in [5.74, 6) is -0.321. The van der Waals surface area contributed by atoms with Crippen LogP contribution in [0, 0.1) is 5.92 Å². The van der Waals surface area contributed by atoms with Crippen molar-refractivity contribution in [2.24, 2.45) is 5.92 Å². The number of carbonyl (C=O) groups is 2. The largest absolute Gasteiger partial charge is 0.465 e. The van der Waals surface area contributed by atoms with E-state index in [1.165, 1.54) is 0 Å². The summed E-state index contributed by atoms with van der Waals surface area (Å²) < 4.78 is 12.2. The maximum absolute atomic E-state index is 12.2. The van der Waals surface area contributed by atoms with Gasteiger partial charge in [-0.3, -0.25) is 4.79 Å². The molecule has 4 nitrogen and oxygen atoms in total. The molecule has 0 radical (unpaired) electrons. The molecule has 0 bridgehead atoms. The third-order valence-corrected chi connectivity index (χ3v) is 1.74. The van der Waals surface area contributed by atoms with E-state index >= 15 is 0 Å². The summed E-state index contributed by atoms with van der Waals surface area (Å²) >= 11 is 0. The summed E-state index contributed by atoms with van der Waals surface area (Å²) in [6, 6.07) is -2.86. The molecule has 0 rings (SSSR count). The van der Waals surface area contributed by atoms with Gasteiger partial charge in [-0.05, 0) is 5.92 Å². The van der Waals surface area contributed by atoms with Crippen molar-refractivity contribution in [1.29, 1.82) is 0 Å². The lowest BCUT2D eigenvalue weighted by atomic mass is 10.0. The molecule has 1 amide bonds. The molecule has 0 heterocycles. The predicted molar refractivity (Wildman–Crippen MR) is 40.5 cm³/mol. The van der Waals surface area contributed by atoms with Crippen molar-refractivity contribution in [1.82, 2.24) is 5.32 Å². The van der Waals surface area contributed by atoms with Crippen molar-refractivity contribution in [2.75, 3.05) is 0 Å². The van der Waals surface area contributed by atoms with Crippen LogP contribution in [-0.2, 0) is 4.79 Å². The number of hydrogen-bond acceptors (Lipinski definition) is 2. The first-order chi connectivity index (χ1) is 5.49. The van der Waals surface area contributed by atoms with E-state index in [9.17, 15) is 14.0 Å². The van der Waals surface area contributed by atoms with Crippen LogP contribution in [0.4, 0.5) is 9.18 Å². The smallest absolute Gasteiger partial charge is 0.405 e. The minimum atomic E-state index is -1.63. The van der Waals surface area contributed by atoms with Gasteiger partial charge in [-0.2, -0.15) is 4.39 Å². The Morgan fingerprint density at radius 2 is 2.08 bits per heavy atom. The first-order valence-corrected chi connectivity index (χ1v) is 3.67. The standard InChI is InChI=1S/C7H12FNO3/c1-3-4(2)5(6(8)10)9-7(11)12/h4-5,9H,3H2,1-2H3,(H,11,12)/t4-,5-/m0/s1. The lowest BCUT2D eigenvalue weighted by Crippen LogP contribution is -2.42. The molecule has 0 spiro atoms. The Labute approximate surface area is 69.8 Å². The minimum Gasteiger partial charge on any atom is -0.465 e. The van der Waals surface area contributed by atoms with Crippen molar-refractivity contribution in [2.45, 2.75) is 26.3 Å². The normalized spacial score (nSPS) is 14.9. The molecule has 0 aliphatic carbocycles. The third-order valence-electron chi connectivity index (χ3n) is 1.74. The molecule has 70 valence electrons. The summed E-state index contributed by atoms with van der Waals surface area (Å²) in [6.07, 6.45) is -0.841. The van der Waals surface area contributed by atoms with E-state index in [4.69, 9.17) is 5.11 Å². The van der Waals surface area contributed by atoms with Crippen LogP contribution in [-0.4, -0.2) is 23.3 Å². The molecule has 0 fully saturated rings. The van der Waals surface area contributed by atoms with Crippen LogP contribution in [0.5, 0.6) is 0 Å². The fourth-order valence-corrected chi connectivity index (χ4v) is 0.791. The van der Waals surface area contributed by atoms with E-state index in [2.05, 4.69) is 0 Å². The summed E-state index contributed by atoms with van der Waals surface area (Å²) in [4.78, 5) is 20.4. The number of rotatable bonds is 4. The number of nitrogens with one attached hydrogen (secondary N) is 1. The summed E-state index contributed by atoms with van der Waals surface area (Å²) in [7, 11) is 0. The van der Waals surface area contributed by atoms with Crippen LogP contribution in [0.2, 0.25) is 0 Å². The Morgan fingerprint density at radius 1 is 1.58 bits per heavy atom. The summed E-state index contributed by atoms with van der Waals surface area (Å²) in [6.45, 7) is 3.36. The Morgan fingerprint density at radius 3 is 2.33 bits per heavy atom. The molecule has 0 saturated carbocycles. The zero-order valence-corrected chi connectivity index (χ0v) is 7.00. The average molecular weight is 177 g/mol. The number of hydrogen-bond donors (Lipinski definition) is 2. The van der Waals surface area contributed by atoms with Gasteiger partial charge in [-0.25, -0.2) is 4.79 Å². The lowest BCUT2D eigenvalue weighted by molar-refractivity contribution is -0.132. The Hall–Kier alpha value is -1.13. The van der Waals surface area contributed by atoms with E-state index < -0.39 is 18.2 Å². The highest BCUT2D eigenvalue weighted by Gasteiger charge is 2.25. The minimum absolute atomic E-state index is 0.321. The molecule has 5 heteroatoms. The summed E-state index contributed by atoms with van der Waals surface area (Å²) in [5, 5.41) is 10.1. The monoisotopic (exact) mass is 177 g/mol. The maximum Gasteiger partial charge on any atom is 0.405 e. The highest BCUT2D eigenvalue weighted by atomic mass is 19.1. The molecule has 2 atom stereocenters. The zero-order chi connectivity index (χ0) is 9.72. The van der Waals surface area contributed by atoms with Crippen LogP contribution in [0.1, 0.15) is 20.3 Å². The van der Waals surface area contributed by atoms with Gasteiger partial charge in [0.2, 0.25) is 0 Å². The highest BCUT2D eigenvalue weighted by Crippen LogP contribution is 2.08. The van der Waals surface area contributed by atoms with Gasteiger partial charge in [-0.1, -0.05) is 20.3 Å². The number of halogens is 1. The Balaban J connectivity index is 4.22. The van der Waals surface area contributed by atoms with Gasteiger partial charge in [0, 0.05) is 0 Å². The molecule has 0 aliphatic heterocycles. The quantitative estimate of drug-likeness (QED) is 0.633. The zero-order valence-electron chi connectivity index (χ0n) is 7.00. The molecule has 0 saturated heterocycles. The molecule has 0 aliphatic rings. The predicted octanol–water partition coefficient (Wildman–Crippen LogP) is 1.16. The second-order valence-electron chi connectivity index (χ2n) is 2.62. The lowest BCUT2D eigenvalue weighted by Gasteiger charge is -2.17. The van der Waals surface area contributed by atoms with E-state index in [1.54, 1.807) is 13.8 Å². The van der Waals surface area contributed by atoms with Gasteiger partial charge in [0.25, 0.3) is 0 Å². The molecule has 0 aromatic heterocycles. The number of amides is 1.